The number of benzene rings is 1. The zero-order valence-corrected chi connectivity index (χ0v) is 16.0. The van der Waals surface area contributed by atoms with Crippen LogP contribution in [0.4, 0.5) is 5.82 Å². The van der Waals surface area contributed by atoms with E-state index in [4.69, 9.17) is 4.98 Å². The molecule has 1 fully saturated rings. The van der Waals surface area contributed by atoms with Gasteiger partial charge in [0.15, 0.2) is 5.82 Å². The molecule has 0 bridgehead atoms. The second kappa shape index (κ2) is 7.42. The first-order valence-electron chi connectivity index (χ1n) is 9.47. The Balaban J connectivity index is 1.86. The fourth-order valence-electron chi connectivity index (χ4n) is 3.95. The summed E-state index contributed by atoms with van der Waals surface area (Å²) in [4.78, 5) is 33.7. The minimum Gasteiger partial charge on any atom is -0.371 e. The average molecular weight is 377 g/mol. The van der Waals surface area contributed by atoms with Gasteiger partial charge in [-0.25, -0.2) is 9.97 Å². The van der Waals surface area contributed by atoms with Gasteiger partial charge in [-0.15, -0.1) is 0 Å². The molecule has 2 atom stereocenters. The second-order valence-corrected chi connectivity index (χ2v) is 7.23. The molecule has 0 aliphatic carbocycles. The Hall–Kier alpha value is -3.22. The van der Waals surface area contributed by atoms with E-state index in [1.54, 1.807) is 18.3 Å². The number of anilines is 1. The maximum atomic E-state index is 11.4. The number of nitrogens with one attached hydrogen (secondary N) is 1. The van der Waals surface area contributed by atoms with E-state index in [0.29, 0.717) is 12.1 Å². The number of aldehydes is 1. The van der Waals surface area contributed by atoms with Crippen LogP contribution in [-0.2, 0) is 4.79 Å². The molecule has 2 aromatic heterocycles. The Bertz CT molecular complexity index is 1010. The number of likely N-dealkylation sites (tertiary alicyclic amines) is 1. The molecule has 0 saturated carbocycles. The molecule has 2 unspecified atom stereocenters. The zero-order chi connectivity index (χ0) is 19.7. The van der Waals surface area contributed by atoms with Gasteiger partial charge in [-0.1, -0.05) is 24.3 Å². The highest BCUT2D eigenvalue weighted by Gasteiger charge is 2.29. The van der Waals surface area contributed by atoms with E-state index < -0.39 is 0 Å². The third-order valence-electron chi connectivity index (χ3n) is 5.57. The van der Waals surface area contributed by atoms with Crippen LogP contribution in [0.2, 0.25) is 0 Å². The summed E-state index contributed by atoms with van der Waals surface area (Å²) in [5, 5.41) is 3.15. The van der Waals surface area contributed by atoms with Crippen LogP contribution in [0.1, 0.15) is 41.9 Å². The van der Waals surface area contributed by atoms with Gasteiger partial charge in [-0.05, 0) is 19.8 Å². The largest absolute Gasteiger partial charge is 0.371 e. The molecule has 0 radical (unpaired) electrons. The van der Waals surface area contributed by atoms with E-state index in [2.05, 4.69) is 21.6 Å². The Morgan fingerprint density at radius 3 is 2.64 bits per heavy atom. The molecular formula is C21H23N5O2. The lowest BCUT2D eigenvalue weighted by Gasteiger charge is -2.34. The monoisotopic (exact) mass is 377 g/mol. The molecule has 7 nitrogen and oxygen atoms in total. The molecule has 28 heavy (non-hydrogen) atoms. The molecule has 0 spiro atoms. The molecule has 1 N–H and O–H groups in total. The fourth-order valence-corrected chi connectivity index (χ4v) is 3.95. The molecule has 1 aliphatic rings. The van der Waals surface area contributed by atoms with E-state index in [0.717, 1.165) is 54.0 Å². The van der Waals surface area contributed by atoms with Crippen LogP contribution < -0.4 is 5.32 Å². The summed E-state index contributed by atoms with van der Waals surface area (Å²) in [7, 11) is 1.84. The highest BCUT2D eigenvalue weighted by Crippen LogP contribution is 2.35. The van der Waals surface area contributed by atoms with Gasteiger partial charge in [-0.2, -0.15) is 0 Å². The number of amides is 1. The van der Waals surface area contributed by atoms with Gasteiger partial charge in [0, 0.05) is 49.1 Å². The number of nitrogens with zero attached hydrogens (tertiary/aromatic N) is 4. The molecule has 1 saturated heterocycles. The lowest BCUT2D eigenvalue weighted by Crippen LogP contribution is -2.40. The summed E-state index contributed by atoms with van der Waals surface area (Å²) in [6, 6.07) is 7.65. The van der Waals surface area contributed by atoms with Crippen molar-refractivity contribution >= 4 is 24.0 Å². The first kappa shape index (κ1) is 18.2. The van der Waals surface area contributed by atoms with Crippen molar-refractivity contribution in [3.05, 3.63) is 48.0 Å². The van der Waals surface area contributed by atoms with E-state index in [1.807, 2.05) is 30.3 Å². The van der Waals surface area contributed by atoms with Gasteiger partial charge in [0.25, 0.3) is 0 Å². The van der Waals surface area contributed by atoms with E-state index in [1.165, 1.54) is 0 Å². The second-order valence-electron chi connectivity index (χ2n) is 7.23. The summed E-state index contributed by atoms with van der Waals surface area (Å²) in [6.45, 7) is 2.74. The van der Waals surface area contributed by atoms with Crippen LogP contribution in [0.15, 0.2) is 36.7 Å². The predicted molar refractivity (Wildman–Crippen MR) is 108 cm³/mol. The topological polar surface area (TPSA) is 79.6 Å². The first-order valence-corrected chi connectivity index (χ1v) is 9.47. The molecule has 1 aromatic carbocycles. The van der Waals surface area contributed by atoms with Crippen LogP contribution in [0, 0.1) is 0 Å². The maximum Gasteiger partial charge on any atom is 0.209 e. The normalized spacial score (nSPS) is 19.6. The molecule has 1 aliphatic heterocycles. The van der Waals surface area contributed by atoms with Crippen LogP contribution in [-0.4, -0.2) is 51.6 Å². The Morgan fingerprint density at radius 1 is 1.18 bits per heavy atom. The number of hydrogen-bond acceptors (Lipinski definition) is 5. The van der Waals surface area contributed by atoms with E-state index in [9.17, 15) is 9.59 Å². The van der Waals surface area contributed by atoms with Crippen LogP contribution in [0.3, 0.4) is 0 Å². The summed E-state index contributed by atoms with van der Waals surface area (Å²) in [5.74, 6) is 1.83. The Labute approximate surface area is 163 Å². The van der Waals surface area contributed by atoms with Crippen molar-refractivity contribution in [2.75, 3.05) is 18.9 Å². The average Bonchev–Trinajstić information content (AvgIpc) is 3.14. The minimum absolute atomic E-state index is 0.156. The quantitative estimate of drug-likeness (QED) is 0.692. The van der Waals surface area contributed by atoms with Gasteiger partial charge in [0.1, 0.15) is 23.3 Å². The van der Waals surface area contributed by atoms with Crippen molar-refractivity contribution < 1.29 is 9.59 Å². The fraction of sp³-hybridized carbons (Fsp3) is 0.333. The molecule has 144 valence electrons. The molecule has 3 heterocycles. The Kier molecular flexibility index (Phi) is 4.81. The van der Waals surface area contributed by atoms with Crippen molar-refractivity contribution in [3.8, 4) is 11.3 Å². The molecular weight excluding hydrogens is 354 g/mol. The number of fused-ring (bicyclic) bond motifs is 1. The predicted octanol–water partition coefficient (Wildman–Crippen LogP) is 2.97. The van der Waals surface area contributed by atoms with E-state index >= 15 is 0 Å². The van der Waals surface area contributed by atoms with Crippen LogP contribution in [0.25, 0.3) is 16.8 Å². The molecule has 7 heteroatoms. The molecule has 1 amide bonds. The van der Waals surface area contributed by atoms with Gasteiger partial charge >= 0.3 is 0 Å². The highest BCUT2D eigenvalue weighted by atomic mass is 16.1. The summed E-state index contributed by atoms with van der Waals surface area (Å²) >= 11 is 0. The van der Waals surface area contributed by atoms with Crippen molar-refractivity contribution in [1.82, 2.24) is 19.3 Å². The van der Waals surface area contributed by atoms with Gasteiger partial charge < -0.3 is 10.2 Å². The number of aromatic nitrogens is 3. The summed E-state index contributed by atoms with van der Waals surface area (Å²) < 4.78 is 2.07. The van der Waals surface area contributed by atoms with Crippen molar-refractivity contribution in [2.45, 2.75) is 31.7 Å². The number of rotatable bonds is 5. The standard InChI is InChI=1S/C21H23N5O2/c1-14-3-6-17(11-25(14)13-28)21-24-18(16-7-4-15(12-27)5-8-16)19-20(22-2)23-9-10-26(19)21/h4-5,7-10,12-14,17H,3,6,11H2,1-2H3,(H,22,23). The first-order chi connectivity index (χ1) is 13.7. The van der Waals surface area contributed by atoms with Gasteiger partial charge in [-0.3, -0.25) is 14.0 Å². The number of carbonyl (C=O) groups excluding carboxylic acids is 2. The summed E-state index contributed by atoms with van der Waals surface area (Å²) in [6.07, 6.45) is 7.37. The van der Waals surface area contributed by atoms with Crippen LogP contribution in [0.5, 0.6) is 0 Å². The van der Waals surface area contributed by atoms with Crippen molar-refractivity contribution in [2.24, 2.45) is 0 Å². The van der Waals surface area contributed by atoms with E-state index in [-0.39, 0.29) is 12.0 Å². The third-order valence-corrected chi connectivity index (χ3v) is 5.57. The number of imidazole rings is 1. The highest BCUT2D eigenvalue weighted by molar-refractivity contribution is 5.87. The van der Waals surface area contributed by atoms with Gasteiger partial charge in [0.2, 0.25) is 6.41 Å². The summed E-state index contributed by atoms with van der Waals surface area (Å²) in [5.41, 5.74) is 3.27. The SMILES string of the molecule is CNc1nccn2c(C3CCC(C)N(C=O)C3)nc(-c3ccc(C=O)cc3)c12. The molecule has 3 aromatic rings. The number of hydrogen-bond donors (Lipinski definition) is 1. The lowest BCUT2D eigenvalue weighted by atomic mass is 9.93. The lowest BCUT2D eigenvalue weighted by molar-refractivity contribution is -0.121. The van der Waals surface area contributed by atoms with Gasteiger partial charge in [0.05, 0.1) is 0 Å². The van der Waals surface area contributed by atoms with Crippen LogP contribution >= 0.6 is 0 Å². The molecule has 4 rings (SSSR count). The third kappa shape index (κ3) is 3.02. The van der Waals surface area contributed by atoms with Crippen molar-refractivity contribution in [3.63, 3.8) is 0 Å². The number of piperidine rings is 1. The Morgan fingerprint density at radius 2 is 1.96 bits per heavy atom. The zero-order valence-electron chi connectivity index (χ0n) is 16.0. The smallest absolute Gasteiger partial charge is 0.209 e. The number of carbonyl (C=O) groups is 2. The minimum atomic E-state index is 0.156. The van der Waals surface area contributed by atoms with Crippen molar-refractivity contribution in [1.29, 1.82) is 0 Å². The maximum absolute atomic E-state index is 11.4.